The molecule has 5 rings (SSSR count). The fourth-order valence-corrected chi connectivity index (χ4v) is 10.2. The molecule has 0 atom stereocenters. The standard InChI is InChI=1S/C48H54N2O13S2/c1-3-40(51)58-26-8-6-5-7-25-57-36-19-21-37(22-20-36)61-45(54)32-15-17-34(18-16-32)47(56)63-39-24-23-38(42-43(39)65-48(64-42)35(29-49)30-50)62-46(55)33-13-11-31(12-14-33)44(53)60-28-10-9-27-59-41(52)4-2/h3-4,19-22,31-34H,1-2,5-18,23-28H2. The van der Waals surface area contributed by atoms with Crippen LogP contribution in [0.5, 0.6) is 11.5 Å². The minimum Gasteiger partial charge on any atom is -0.494 e. The molecule has 3 aliphatic carbocycles. The van der Waals surface area contributed by atoms with E-state index in [-0.39, 0.29) is 55.4 Å². The molecule has 0 spiro atoms. The number of allylic oxidation sites excluding steroid dienone is 3. The topological polar surface area (TPSA) is 215 Å². The highest BCUT2D eigenvalue weighted by molar-refractivity contribution is 8.29. The molecule has 346 valence electrons. The number of benzene rings is 1. The van der Waals surface area contributed by atoms with E-state index in [4.69, 9.17) is 33.2 Å². The minimum absolute atomic E-state index is 0.105. The van der Waals surface area contributed by atoms with Gasteiger partial charge in [0.05, 0.1) is 64.1 Å². The smallest absolute Gasteiger partial charge is 0.330 e. The first-order valence-corrected chi connectivity index (χ1v) is 23.7. The van der Waals surface area contributed by atoms with Crippen molar-refractivity contribution in [3.05, 3.63) is 80.7 Å². The van der Waals surface area contributed by atoms with Crippen molar-refractivity contribution >= 4 is 59.3 Å². The fraction of sp³-hybridized carbons (Fsp3) is 0.500. The van der Waals surface area contributed by atoms with Crippen molar-refractivity contribution in [1.29, 1.82) is 10.5 Å². The molecule has 3 fully saturated rings. The summed E-state index contributed by atoms with van der Waals surface area (Å²) in [5.41, 5.74) is -0.105. The lowest BCUT2D eigenvalue weighted by atomic mass is 9.82. The average molecular weight is 931 g/mol. The number of fused-ring (bicyclic) bond motifs is 1. The highest BCUT2D eigenvalue weighted by Gasteiger charge is 2.39. The van der Waals surface area contributed by atoms with Crippen LogP contribution in [0.2, 0.25) is 0 Å². The Labute approximate surface area is 387 Å². The average Bonchev–Trinajstić information content (AvgIpc) is 3.78. The zero-order valence-electron chi connectivity index (χ0n) is 36.3. The first-order valence-electron chi connectivity index (χ1n) is 22.0. The van der Waals surface area contributed by atoms with Crippen LogP contribution in [0.4, 0.5) is 0 Å². The number of carbonyl (C=O) groups is 6. The maximum atomic E-state index is 13.6. The zero-order valence-corrected chi connectivity index (χ0v) is 38.0. The van der Waals surface area contributed by atoms with Gasteiger partial charge in [-0.3, -0.25) is 19.2 Å². The molecule has 65 heavy (non-hydrogen) atoms. The maximum Gasteiger partial charge on any atom is 0.330 e. The first-order chi connectivity index (χ1) is 31.5. The predicted octanol–water partition coefficient (Wildman–Crippen LogP) is 8.97. The number of carbonyl (C=O) groups excluding carboxylic acids is 6. The number of nitrogens with zero attached hydrogens (tertiary/aromatic N) is 2. The summed E-state index contributed by atoms with van der Waals surface area (Å²) in [4.78, 5) is 76.0. The number of unbranched alkanes of at least 4 members (excludes halogenated alkanes) is 4. The summed E-state index contributed by atoms with van der Waals surface area (Å²) < 4.78 is 39.1. The number of hydrogen-bond acceptors (Lipinski definition) is 17. The highest BCUT2D eigenvalue weighted by atomic mass is 32.2. The summed E-state index contributed by atoms with van der Waals surface area (Å²) >= 11 is 2.27. The van der Waals surface area contributed by atoms with Gasteiger partial charge in [0.25, 0.3) is 0 Å². The maximum absolute atomic E-state index is 13.6. The molecule has 1 saturated heterocycles. The largest absolute Gasteiger partial charge is 0.494 e. The number of ether oxygens (including phenoxy) is 7. The molecule has 1 aromatic rings. The van der Waals surface area contributed by atoms with Crippen molar-refractivity contribution in [2.45, 2.75) is 103 Å². The van der Waals surface area contributed by atoms with Gasteiger partial charge < -0.3 is 33.2 Å². The van der Waals surface area contributed by atoms with E-state index in [1.807, 2.05) is 12.1 Å². The van der Waals surface area contributed by atoms with Crippen LogP contribution in [-0.2, 0) is 52.5 Å². The molecule has 1 heterocycles. The Morgan fingerprint density at radius 2 is 0.923 bits per heavy atom. The second kappa shape index (κ2) is 26.2. The molecule has 0 aromatic heterocycles. The van der Waals surface area contributed by atoms with E-state index in [1.54, 1.807) is 24.3 Å². The monoisotopic (exact) mass is 930 g/mol. The van der Waals surface area contributed by atoms with Crippen molar-refractivity contribution in [1.82, 2.24) is 0 Å². The lowest BCUT2D eigenvalue weighted by Crippen LogP contribution is -2.29. The van der Waals surface area contributed by atoms with Crippen LogP contribution in [0.1, 0.15) is 103 Å². The number of hydrogen-bond donors (Lipinski definition) is 0. The van der Waals surface area contributed by atoms with E-state index < -0.39 is 35.7 Å². The third-order valence-electron chi connectivity index (χ3n) is 11.3. The quantitative estimate of drug-likeness (QED) is 0.0265. The fourth-order valence-electron chi connectivity index (χ4n) is 7.58. The predicted molar refractivity (Wildman–Crippen MR) is 238 cm³/mol. The molecule has 15 nitrogen and oxygen atoms in total. The van der Waals surface area contributed by atoms with Gasteiger partial charge in [-0.1, -0.05) is 36.7 Å². The molecular weight excluding hydrogens is 877 g/mol. The van der Waals surface area contributed by atoms with Gasteiger partial charge >= 0.3 is 35.8 Å². The van der Waals surface area contributed by atoms with Crippen LogP contribution in [0.3, 0.4) is 0 Å². The Kier molecular flexibility index (Phi) is 20.3. The number of nitriles is 2. The summed E-state index contributed by atoms with van der Waals surface area (Å²) in [7, 11) is 0. The highest BCUT2D eigenvalue weighted by Crippen LogP contribution is 2.59. The molecule has 0 N–H and O–H groups in total. The molecule has 4 aliphatic rings. The normalized spacial score (nSPS) is 20.2. The summed E-state index contributed by atoms with van der Waals surface area (Å²) in [5, 5.41) is 19.2. The van der Waals surface area contributed by atoms with E-state index >= 15 is 0 Å². The summed E-state index contributed by atoms with van der Waals surface area (Å²) in [6.45, 7) is 8.03. The Morgan fingerprint density at radius 1 is 0.538 bits per heavy atom. The summed E-state index contributed by atoms with van der Waals surface area (Å²) in [6, 6.07) is 10.7. The first kappa shape index (κ1) is 50.2. The lowest BCUT2D eigenvalue weighted by molar-refractivity contribution is -0.153. The molecule has 0 bridgehead atoms. The Hall–Kier alpha value is -5.78. The Morgan fingerprint density at radius 3 is 1.37 bits per heavy atom. The molecular formula is C48H54N2O13S2. The molecule has 17 heteroatoms. The third kappa shape index (κ3) is 15.4. The van der Waals surface area contributed by atoms with Crippen LogP contribution in [-0.4, -0.2) is 62.2 Å². The lowest BCUT2D eigenvalue weighted by Gasteiger charge is -2.28. The van der Waals surface area contributed by atoms with Gasteiger partial charge in [-0.15, -0.1) is 0 Å². The molecule has 1 aliphatic heterocycles. The zero-order chi connectivity index (χ0) is 46.6. The molecule has 0 unspecified atom stereocenters. The number of esters is 6. The van der Waals surface area contributed by atoms with Crippen molar-refractivity contribution < 1.29 is 61.9 Å². The van der Waals surface area contributed by atoms with Gasteiger partial charge in [-0.2, -0.15) is 10.5 Å². The third-order valence-corrected chi connectivity index (χ3v) is 14.0. The molecule has 0 amide bonds. The number of thioether (sulfide) groups is 2. The van der Waals surface area contributed by atoms with Crippen LogP contribution in [0, 0.1) is 46.3 Å². The van der Waals surface area contributed by atoms with E-state index in [0.29, 0.717) is 114 Å². The second-order valence-electron chi connectivity index (χ2n) is 15.8. The molecule has 2 saturated carbocycles. The van der Waals surface area contributed by atoms with E-state index in [9.17, 15) is 39.3 Å². The van der Waals surface area contributed by atoms with Crippen LogP contribution in [0.25, 0.3) is 0 Å². The Balaban J connectivity index is 1.07. The minimum atomic E-state index is -0.501. The van der Waals surface area contributed by atoms with Crippen LogP contribution < -0.4 is 9.47 Å². The van der Waals surface area contributed by atoms with Crippen molar-refractivity contribution in [3.8, 4) is 23.6 Å². The SMILES string of the molecule is C=CC(=O)OCCCCCCOc1ccc(OC(=O)C2CCC(C(=O)OC3=C4SC(=C(C#N)C#N)SC4=C(OC(=O)C4CCC(C(=O)OCCCCOC(=O)C=C)CC4)CC3)CC2)cc1. The number of rotatable bonds is 22. The van der Waals surface area contributed by atoms with E-state index in [0.717, 1.165) is 61.4 Å². The van der Waals surface area contributed by atoms with Gasteiger partial charge in [-0.05, 0) is 114 Å². The van der Waals surface area contributed by atoms with Gasteiger partial charge in [0.2, 0.25) is 0 Å². The van der Waals surface area contributed by atoms with Crippen molar-refractivity contribution in [2.24, 2.45) is 23.7 Å². The Bertz CT molecular complexity index is 2100. The summed E-state index contributed by atoms with van der Waals surface area (Å²) in [5.74, 6) is -2.26. The summed E-state index contributed by atoms with van der Waals surface area (Å²) in [6.07, 6.45) is 10.8. The second-order valence-corrected chi connectivity index (χ2v) is 18.1. The van der Waals surface area contributed by atoms with E-state index in [2.05, 4.69) is 13.2 Å². The van der Waals surface area contributed by atoms with Crippen LogP contribution in [0.15, 0.2) is 80.7 Å². The molecule has 0 radical (unpaired) electrons. The van der Waals surface area contributed by atoms with Gasteiger partial charge in [0.1, 0.15) is 40.7 Å². The van der Waals surface area contributed by atoms with Crippen molar-refractivity contribution in [3.63, 3.8) is 0 Å². The van der Waals surface area contributed by atoms with Crippen molar-refractivity contribution in [2.75, 3.05) is 26.4 Å². The van der Waals surface area contributed by atoms with Gasteiger partial charge in [0.15, 0.2) is 0 Å². The van der Waals surface area contributed by atoms with Gasteiger partial charge in [0, 0.05) is 25.0 Å². The van der Waals surface area contributed by atoms with Crippen LogP contribution >= 0.6 is 23.5 Å². The van der Waals surface area contributed by atoms with Gasteiger partial charge in [-0.25, -0.2) is 9.59 Å². The molecule has 1 aromatic carbocycles. The van der Waals surface area contributed by atoms with E-state index in [1.165, 1.54) is 0 Å².